The molecule has 1 aliphatic carbocycles. The fraction of sp³-hybridized carbons (Fsp3) is 0.538. The van der Waals surface area contributed by atoms with Crippen LogP contribution in [0, 0.1) is 11.3 Å². The number of hydrogen-bond acceptors (Lipinski definition) is 4. The highest BCUT2D eigenvalue weighted by atomic mass is 15.2. The molecule has 1 atom stereocenters. The number of aromatic nitrogens is 1. The van der Waals surface area contributed by atoms with Crippen molar-refractivity contribution in [2.45, 2.75) is 38.3 Å². The number of nitrogens with two attached hydrogens (primary N) is 1. The van der Waals surface area contributed by atoms with E-state index in [2.05, 4.69) is 16.0 Å². The van der Waals surface area contributed by atoms with Crippen molar-refractivity contribution in [3.63, 3.8) is 0 Å². The molecule has 0 aliphatic heterocycles. The van der Waals surface area contributed by atoms with Gasteiger partial charge < -0.3 is 10.6 Å². The van der Waals surface area contributed by atoms with Crippen molar-refractivity contribution in [1.82, 2.24) is 4.98 Å². The average Bonchev–Trinajstić information content (AvgIpc) is 3.14. The molecule has 0 aromatic carbocycles. The van der Waals surface area contributed by atoms with E-state index in [-0.39, 0.29) is 6.04 Å². The van der Waals surface area contributed by atoms with Gasteiger partial charge in [0.15, 0.2) is 0 Å². The van der Waals surface area contributed by atoms with E-state index in [1.807, 2.05) is 19.1 Å². The Morgan fingerprint density at radius 3 is 3.00 bits per heavy atom. The lowest BCUT2D eigenvalue weighted by Gasteiger charge is -2.25. The molecule has 0 saturated heterocycles. The predicted molar refractivity (Wildman–Crippen MR) is 67.4 cm³/mol. The van der Waals surface area contributed by atoms with E-state index in [0.717, 1.165) is 17.9 Å². The van der Waals surface area contributed by atoms with Gasteiger partial charge in [-0.1, -0.05) is 6.07 Å². The highest BCUT2D eigenvalue weighted by Crippen LogP contribution is 2.33. The maximum Gasteiger partial charge on any atom is 0.133 e. The SMILES string of the molecule is CC(N)c1cccnc1N(CCC#N)C1CC1. The minimum absolute atomic E-state index is 0.0259. The lowest BCUT2D eigenvalue weighted by molar-refractivity contribution is 0.743. The third kappa shape index (κ3) is 2.75. The highest BCUT2D eigenvalue weighted by molar-refractivity contribution is 5.50. The molecule has 1 fully saturated rings. The van der Waals surface area contributed by atoms with Gasteiger partial charge in [0.1, 0.15) is 5.82 Å². The van der Waals surface area contributed by atoms with Gasteiger partial charge in [0.25, 0.3) is 0 Å². The molecule has 90 valence electrons. The van der Waals surface area contributed by atoms with Crippen molar-refractivity contribution < 1.29 is 0 Å². The van der Waals surface area contributed by atoms with E-state index in [9.17, 15) is 0 Å². The number of pyridine rings is 1. The Hall–Kier alpha value is -1.60. The summed E-state index contributed by atoms with van der Waals surface area (Å²) in [6, 6.07) is 6.66. The zero-order valence-corrected chi connectivity index (χ0v) is 10.1. The van der Waals surface area contributed by atoms with Gasteiger partial charge in [-0.3, -0.25) is 0 Å². The number of hydrogen-bond donors (Lipinski definition) is 1. The maximum atomic E-state index is 8.72. The van der Waals surface area contributed by atoms with Crippen molar-refractivity contribution in [3.05, 3.63) is 23.9 Å². The Balaban J connectivity index is 2.25. The van der Waals surface area contributed by atoms with Crippen LogP contribution < -0.4 is 10.6 Å². The Bertz CT molecular complexity index is 418. The van der Waals surface area contributed by atoms with Gasteiger partial charge in [-0.15, -0.1) is 0 Å². The molecule has 4 nitrogen and oxygen atoms in total. The van der Waals surface area contributed by atoms with E-state index in [0.29, 0.717) is 12.5 Å². The standard InChI is InChI=1S/C13H18N4/c1-10(15)12-4-2-8-16-13(12)17(9-3-7-14)11-5-6-11/h2,4,8,10-11H,3,5-6,9,15H2,1H3. The molecule has 1 aliphatic rings. The summed E-state index contributed by atoms with van der Waals surface area (Å²) in [6.07, 6.45) is 4.72. The molecule has 0 radical (unpaired) electrons. The van der Waals surface area contributed by atoms with E-state index in [1.165, 1.54) is 12.8 Å². The first kappa shape index (κ1) is 11.9. The largest absolute Gasteiger partial charge is 0.352 e. The van der Waals surface area contributed by atoms with Gasteiger partial charge in [-0.05, 0) is 25.8 Å². The Morgan fingerprint density at radius 2 is 2.41 bits per heavy atom. The maximum absolute atomic E-state index is 8.72. The topological polar surface area (TPSA) is 65.9 Å². The predicted octanol–water partition coefficient (Wildman–Crippen LogP) is 1.98. The summed E-state index contributed by atoms with van der Waals surface area (Å²) in [7, 11) is 0. The third-order valence-electron chi connectivity index (χ3n) is 3.03. The van der Waals surface area contributed by atoms with Crippen molar-refractivity contribution in [2.75, 3.05) is 11.4 Å². The summed E-state index contributed by atoms with van der Waals surface area (Å²) in [5, 5.41) is 8.72. The summed E-state index contributed by atoms with van der Waals surface area (Å²) in [5.41, 5.74) is 7.04. The molecule has 17 heavy (non-hydrogen) atoms. The van der Waals surface area contributed by atoms with Crippen LogP contribution in [-0.2, 0) is 0 Å². The molecular weight excluding hydrogens is 212 g/mol. The fourth-order valence-electron chi connectivity index (χ4n) is 2.02. The molecule has 2 N–H and O–H groups in total. The first-order valence-corrected chi connectivity index (χ1v) is 6.08. The van der Waals surface area contributed by atoms with Gasteiger partial charge in [-0.25, -0.2) is 4.98 Å². The second-order valence-corrected chi connectivity index (χ2v) is 4.54. The minimum Gasteiger partial charge on any atom is -0.352 e. The quantitative estimate of drug-likeness (QED) is 0.840. The lowest BCUT2D eigenvalue weighted by atomic mass is 10.1. The molecule has 1 saturated carbocycles. The molecular formula is C13H18N4. The molecule has 1 unspecified atom stereocenters. The second kappa shape index (κ2) is 5.15. The number of nitriles is 1. The van der Waals surface area contributed by atoms with Crippen LogP contribution in [0.25, 0.3) is 0 Å². The van der Waals surface area contributed by atoms with Crippen molar-refractivity contribution in [1.29, 1.82) is 5.26 Å². The van der Waals surface area contributed by atoms with Crippen molar-refractivity contribution in [2.24, 2.45) is 5.73 Å². The molecule has 0 spiro atoms. The zero-order chi connectivity index (χ0) is 12.3. The summed E-state index contributed by atoms with van der Waals surface area (Å²) in [5.74, 6) is 0.959. The smallest absolute Gasteiger partial charge is 0.133 e. The van der Waals surface area contributed by atoms with Gasteiger partial charge in [-0.2, -0.15) is 5.26 Å². The van der Waals surface area contributed by atoms with Crippen molar-refractivity contribution >= 4 is 5.82 Å². The van der Waals surface area contributed by atoms with Crippen LogP contribution in [0.5, 0.6) is 0 Å². The Morgan fingerprint density at radius 1 is 1.65 bits per heavy atom. The normalized spacial score (nSPS) is 16.3. The summed E-state index contributed by atoms with van der Waals surface area (Å²) in [6.45, 7) is 2.72. The van der Waals surface area contributed by atoms with Crippen molar-refractivity contribution in [3.8, 4) is 6.07 Å². The Labute approximate surface area is 102 Å². The summed E-state index contributed by atoms with van der Waals surface area (Å²) < 4.78 is 0. The van der Waals surface area contributed by atoms with Crippen LogP contribution in [0.4, 0.5) is 5.82 Å². The lowest BCUT2D eigenvalue weighted by Crippen LogP contribution is -2.29. The molecule has 4 heteroatoms. The summed E-state index contributed by atoms with van der Waals surface area (Å²) in [4.78, 5) is 6.69. The summed E-state index contributed by atoms with van der Waals surface area (Å²) >= 11 is 0. The monoisotopic (exact) mass is 230 g/mol. The van der Waals surface area contributed by atoms with Crippen LogP contribution in [0.2, 0.25) is 0 Å². The number of rotatable bonds is 5. The van der Waals surface area contributed by atoms with E-state index < -0.39 is 0 Å². The Kier molecular flexibility index (Phi) is 3.60. The number of nitrogens with zero attached hydrogens (tertiary/aromatic N) is 3. The van der Waals surface area contributed by atoms with Crippen LogP contribution in [-0.4, -0.2) is 17.6 Å². The highest BCUT2D eigenvalue weighted by Gasteiger charge is 2.31. The molecule has 1 heterocycles. The van der Waals surface area contributed by atoms with Gasteiger partial charge in [0.2, 0.25) is 0 Å². The van der Waals surface area contributed by atoms with Crippen LogP contribution in [0.1, 0.15) is 37.8 Å². The van der Waals surface area contributed by atoms with Gasteiger partial charge >= 0.3 is 0 Å². The van der Waals surface area contributed by atoms with Gasteiger partial charge in [0, 0.05) is 30.4 Å². The van der Waals surface area contributed by atoms with E-state index in [1.54, 1.807) is 6.20 Å². The van der Waals surface area contributed by atoms with E-state index in [4.69, 9.17) is 11.0 Å². The molecule has 1 aromatic rings. The zero-order valence-electron chi connectivity index (χ0n) is 10.1. The third-order valence-corrected chi connectivity index (χ3v) is 3.03. The number of anilines is 1. The van der Waals surface area contributed by atoms with Crippen LogP contribution in [0.3, 0.4) is 0 Å². The fourth-order valence-corrected chi connectivity index (χ4v) is 2.02. The van der Waals surface area contributed by atoms with Gasteiger partial charge in [0.05, 0.1) is 12.5 Å². The van der Waals surface area contributed by atoms with Crippen LogP contribution in [0.15, 0.2) is 18.3 Å². The first-order chi connectivity index (χ1) is 8.24. The molecule has 0 amide bonds. The van der Waals surface area contributed by atoms with E-state index >= 15 is 0 Å². The molecule has 2 rings (SSSR count). The first-order valence-electron chi connectivity index (χ1n) is 6.08. The van der Waals surface area contributed by atoms with Crippen LogP contribution >= 0.6 is 0 Å². The minimum atomic E-state index is -0.0259. The second-order valence-electron chi connectivity index (χ2n) is 4.54. The molecule has 1 aromatic heterocycles. The average molecular weight is 230 g/mol. The molecule has 0 bridgehead atoms.